The Morgan fingerprint density at radius 1 is 0.941 bits per heavy atom. The third kappa shape index (κ3) is 6.71. The molecular weight excluding hydrogens is 496 g/mol. The number of aryl methyl sites for hydroxylation is 1. The van der Waals surface area contributed by atoms with Gasteiger partial charge in [0.25, 0.3) is 10.0 Å². The Hall–Kier alpha value is -2.16. The third-order valence-electron chi connectivity index (χ3n) is 4.80. The second-order valence-electron chi connectivity index (χ2n) is 7.33. The highest BCUT2D eigenvalue weighted by Gasteiger charge is 2.33. The van der Waals surface area contributed by atoms with Crippen molar-refractivity contribution < 1.29 is 26.4 Å². The molecule has 1 unspecified atom stereocenters. The largest absolute Gasteiger partial charge is 0.390 e. The van der Waals surface area contributed by atoms with Crippen molar-refractivity contribution in [1.82, 2.24) is 0 Å². The molecular formula is C24H27FNO5PS2. The smallest absolute Gasteiger partial charge is 0.301 e. The Labute approximate surface area is 204 Å². The molecule has 6 nitrogen and oxygen atoms in total. The molecule has 0 aliphatic heterocycles. The Bertz CT molecular complexity index is 1240. The summed E-state index contributed by atoms with van der Waals surface area (Å²) in [5.41, 5.74) is 2.40. The van der Waals surface area contributed by atoms with E-state index in [4.69, 9.17) is 9.05 Å². The van der Waals surface area contributed by atoms with E-state index >= 15 is 0 Å². The van der Waals surface area contributed by atoms with Gasteiger partial charge in [-0.2, -0.15) is 0 Å². The molecule has 10 heteroatoms. The van der Waals surface area contributed by atoms with Crippen LogP contribution >= 0.6 is 18.2 Å². The zero-order chi connectivity index (χ0) is 24.8. The van der Waals surface area contributed by atoms with Gasteiger partial charge in [-0.25, -0.2) is 17.4 Å². The van der Waals surface area contributed by atoms with E-state index in [9.17, 15) is 17.4 Å². The summed E-state index contributed by atoms with van der Waals surface area (Å²) in [6.07, 6.45) is 0. The van der Waals surface area contributed by atoms with E-state index in [1.165, 1.54) is 24.3 Å². The normalized spacial score (nSPS) is 12.9. The maximum absolute atomic E-state index is 13.6. The molecule has 0 bridgehead atoms. The first kappa shape index (κ1) is 26.4. The van der Waals surface area contributed by atoms with Crippen molar-refractivity contribution in [2.75, 3.05) is 17.9 Å². The van der Waals surface area contributed by atoms with Gasteiger partial charge in [0.15, 0.2) is 0 Å². The number of anilines is 1. The van der Waals surface area contributed by atoms with Crippen LogP contribution in [0.1, 0.15) is 35.8 Å². The van der Waals surface area contributed by atoms with Crippen molar-refractivity contribution in [3.05, 3.63) is 95.3 Å². The van der Waals surface area contributed by atoms with Crippen LogP contribution in [0.2, 0.25) is 0 Å². The molecule has 3 rings (SSSR count). The van der Waals surface area contributed by atoms with E-state index in [2.05, 4.69) is 4.72 Å². The van der Waals surface area contributed by atoms with Crippen LogP contribution in [-0.2, 0) is 23.6 Å². The summed E-state index contributed by atoms with van der Waals surface area (Å²) in [7, 11) is -3.89. The van der Waals surface area contributed by atoms with Crippen LogP contribution in [0, 0.1) is 12.7 Å². The summed E-state index contributed by atoms with van der Waals surface area (Å²) in [4.78, 5) is 0.119. The molecule has 0 saturated carbocycles. The van der Waals surface area contributed by atoms with Crippen molar-refractivity contribution >= 4 is 33.9 Å². The maximum Gasteiger partial charge on any atom is 0.390 e. The van der Waals surface area contributed by atoms with E-state index < -0.39 is 27.9 Å². The maximum atomic E-state index is 13.6. The second kappa shape index (κ2) is 11.5. The predicted octanol–water partition coefficient (Wildman–Crippen LogP) is 6.94. The van der Waals surface area contributed by atoms with Crippen LogP contribution in [0.4, 0.5) is 10.1 Å². The molecule has 0 aromatic heterocycles. The van der Waals surface area contributed by atoms with Crippen molar-refractivity contribution in [3.8, 4) is 0 Å². The lowest BCUT2D eigenvalue weighted by molar-refractivity contribution is 0.236. The Morgan fingerprint density at radius 2 is 1.53 bits per heavy atom. The average molecular weight is 524 g/mol. The molecule has 3 aromatic rings. The number of rotatable bonds is 11. The van der Waals surface area contributed by atoms with Gasteiger partial charge in [0.2, 0.25) is 0 Å². The number of hydrogen-bond donors (Lipinski definition) is 1. The van der Waals surface area contributed by atoms with E-state index in [0.717, 1.165) is 16.9 Å². The molecule has 0 fully saturated rings. The molecule has 1 N–H and O–H groups in total. The molecule has 0 aliphatic carbocycles. The molecule has 34 heavy (non-hydrogen) atoms. The second-order valence-corrected chi connectivity index (χ2v) is 13.1. The van der Waals surface area contributed by atoms with Gasteiger partial charge in [-0.3, -0.25) is 4.72 Å². The minimum atomic E-state index is -3.89. The number of nitrogens with one attached hydrogen (secondary N) is 1. The van der Waals surface area contributed by atoms with Crippen molar-refractivity contribution in [2.24, 2.45) is 0 Å². The van der Waals surface area contributed by atoms with Gasteiger partial charge >= 0.3 is 6.80 Å². The molecule has 182 valence electrons. The first-order valence-corrected chi connectivity index (χ1v) is 15.2. The SMILES string of the molecule is CCOP(=O)(OCC)SC(c1ccc(F)cc1)c1ccccc1NS(=O)(=O)c1ccc(C)cc1. The zero-order valence-electron chi connectivity index (χ0n) is 19.1. The molecule has 0 saturated heterocycles. The lowest BCUT2D eigenvalue weighted by Crippen LogP contribution is -2.15. The number of para-hydroxylation sites is 1. The molecule has 0 heterocycles. The van der Waals surface area contributed by atoms with Gasteiger partial charge in [0.05, 0.1) is 29.0 Å². The first-order chi connectivity index (χ1) is 16.2. The van der Waals surface area contributed by atoms with Gasteiger partial charge in [0, 0.05) is 0 Å². The van der Waals surface area contributed by atoms with Crippen LogP contribution < -0.4 is 4.72 Å². The predicted molar refractivity (Wildman–Crippen MR) is 135 cm³/mol. The third-order valence-corrected chi connectivity index (χ3v) is 10.4. The quantitative estimate of drug-likeness (QED) is 0.274. The fourth-order valence-corrected chi connectivity index (χ4v) is 8.47. The minimum Gasteiger partial charge on any atom is -0.301 e. The average Bonchev–Trinajstić information content (AvgIpc) is 2.79. The number of sulfonamides is 1. The monoisotopic (exact) mass is 523 g/mol. The van der Waals surface area contributed by atoms with Gasteiger partial charge in [-0.1, -0.05) is 48.0 Å². The summed E-state index contributed by atoms with van der Waals surface area (Å²) >= 11 is 0.945. The van der Waals surface area contributed by atoms with Gasteiger partial charge < -0.3 is 9.05 Å². The van der Waals surface area contributed by atoms with Crippen LogP contribution in [-0.4, -0.2) is 21.6 Å². The van der Waals surface area contributed by atoms with Gasteiger partial charge in [0.1, 0.15) is 5.82 Å². The summed E-state index contributed by atoms with van der Waals surface area (Å²) in [5, 5.41) is -0.665. The standard InChI is InChI=1S/C24H27FNO5PS2/c1-4-30-32(27,31-5-2)33-24(19-12-14-20(25)15-13-19)22-8-6-7-9-23(22)26-34(28,29)21-16-10-18(3)11-17-21/h6-17,24,26H,4-5H2,1-3H3. The highest BCUT2D eigenvalue weighted by atomic mass is 32.7. The molecule has 1 atom stereocenters. The van der Waals surface area contributed by atoms with E-state index in [0.29, 0.717) is 16.8 Å². The molecule has 0 amide bonds. The lowest BCUT2D eigenvalue weighted by Gasteiger charge is -2.25. The molecule has 0 aliphatic rings. The Kier molecular flexibility index (Phi) is 8.95. The van der Waals surface area contributed by atoms with Crippen molar-refractivity contribution in [1.29, 1.82) is 0 Å². The highest BCUT2D eigenvalue weighted by molar-refractivity contribution is 8.55. The summed E-state index contributed by atoms with van der Waals surface area (Å²) in [6.45, 7) is 2.03. The molecule has 3 aromatic carbocycles. The Morgan fingerprint density at radius 3 is 2.12 bits per heavy atom. The van der Waals surface area contributed by atoms with Gasteiger partial charge in [-0.05, 0) is 73.6 Å². The Balaban J connectivity index is 2.07. The van der Waals surface area contributed by atoms with Crippen LogP contribution in [0.3, 0.4) is 0 Å². The van der Waals surface area contributed by atoms with Gasteiger partial charge in [-0.15, -0.1) is 0 Å². The van der Waals surface area contributed by atoms with Crippen LogP contribution in [0.25, 0.3) is 0 Å². The van der Waals surface area contributed by atoms with E-state index in [-0.39, 0.29) is 18.1 Å². The topological polar surface area (TPSA) is 81.7 Å². The molecule has 0 spiro atoms. The van der Waals surface area contributed by atoms with E-state index in [1.54, 1.807) is 62.4 Å². The number of halogens is 1. The highest BCUT2D eigenvalue weighted by Crippen LogP contribution is 2.67. The van der Waals surface area contributed by atoms with Crippen molar-refractivity contribution in [2.45, 2.75) is 30.9 Å². The van der Waals surface area contributed by atoms with Crippen LogP contribution in [0.5, 0.6) is 0 Å². The number of hydrogen-bond acceptors (Lipinski definition) is 6. The zero-order valence-corrected chi connectivity index (χ0v) is 21.6. The summed E-state index contributed by atoms with van der Waals surface area (Å²) < 4.78 is 66.8. The first-order valence-electron chi connectivity index (χ1n) is 10.7. The fraction of sp³-hybridized carbons (Fsp3) is 0.250. The van der Waals surface area contributed by atoms with Crippen LogP contribution in [0.15, 0.2) is 77.7 Å². The number of benzene rings is 3. The van der Waals surface area contributed by atoms with Crippen molar-refractivity contribution in [3.63, 3.8) is 0 Å². The fourth-order valence-electron chi connectivity index (χ4n) is 3.22. The van der Waals surface area contributed by atoms with E-state index in [1.807, 2.05) is 6.92 Å². The lowest BCUT2D eigenvalue weighted by atomic mass is 10.0. The summed E-state index contributed by atoms with van der Waals surface area (Å²) in [6, 6.07) is 19.1. The molecule has 0 radical (unpaired) electrons. The minimum absolute atomic E-state index is 0.119. The summed E-state index contributed by atoms with van der Waals surface area (Å²) in [5.74, 6) is -0.418.